The number of esters is 1. The van der Waals surface area contributed by atoms with E-state index in [4.69, 9.17) is 4.74 Å². The summed E-state index contributed by atoms with van der Waals surface area (Å²) in [7, 11) is 1.72. The monoisotopic (exact) mass is 512 g/mol. The first-order chi connectivity index (χ1) is 17.1. The maximum Gasteiger partial charge on any atom is 0.333 e. The fourth-order valence-corrected chi connectivity index (χ4v) is 4.53. The van der Waals surface area contributed by atoms with E-state index >= 15 is 0 Å². The maximum atomic E-state index is 13.9. The third-order valence-corrected chi connectivity index (χ3v) is 7.00. The fourth-order valence-electron chi connectivity index (χ4n) is 4.53. The summed E-state index contributed by atoms with van der Waals surface area (Å²) >= 11 is 0. The number of hydrogen-bond donors (Lipinski definition) is 1. The van der Waals surface area contributed by atoms with Crippen molar-refractivity contribution >= 4 is 17.8 Å². The van der Waals surface area contributed by atoms with Crippen LogP contribution in [0.15, 0.2) is 54.6 Å². The van der Waals surface area contributed by atoms with Crippen LogP contribution in [-0.2, 0) is 24.5 Å². The van der Waals surface area contributed by atoms with Gasteiger partial charge in [0.15, 0.2) is 0 Å². The molecule has 0 aliphatic rings. The number of hydrogen-bond acceptors (Lipinski definition) is 4. The molecule has 1 N–H and O–H groups in total. The second-order valence-corrected chi connectivity index (χ2v) is 11.7. The zero-order chi connectivity index (χ0) is 28.6. The first-order valence-electron chi connectivity index (χ1n) is 13.2. The molecule has 0 fully saturated rings. The molecule has 0 radical (unpaired) electrons. The van der Waals surface area contributed by atoms with Crippen LogP contribution in [0.2, 0.25) is 0 Å². The topological polar surface area (TPSA) is 75.7 Å². The van der Waals surface area contributed by atoms with Crippen molar-refractivity contribution in [1.82, 2.24) is 10.2 Å². The first-order valence-corrected chi connectivity index (χ1v) is 13.2. The van der Waals surface area contributed by atoms with Gasteiger partial charge in [-0.3, -0.25) is 9.59 Å². The Morgan fingerprint density at radius 1 is 1.08 bits per heavy atom. The van der Waals surface area contributed by atoms with Crippen LogP contribution < -0.4 is 5.32 Å². The van der Waals surface area contributed by atoms with Gasteiger partial charge in [-0.1, -0.05) is 91.0 Å². The first kappa shape index (κ1) is 32.1. The van der Waals surface area contributed by atoms with Gasteiger partial charge in [-0.25, -0.2) is 4.79 Å². The molecule has 0 heterocycles. The molecule has 1 aromatic rings. The van der Waals surface area contributed by atoms with Crippen LogP contribution in [-0.4, -0.2) is 48.4 Å². The second kappa shape index (κ2) is 13.6. The second-order valence-electron chi connectivity index (χ2n) is 11.7. The van der Waals surface area contributed by atoms with Crippen LogP contribution >= 0.6 is 0 Å². The number of nitrogens with zero attached hydrogens (tertiary/aromatic N) is 1. The van der Waals surface area contributed by atoms with Crippen molar-refractivity contribution in [1.29, 1.82) is 0 Å². The van der Waals surface area contributed by atoms with Crippen LogP contribution in [0, 0.1) is 17.3 Å². The Morgan fingerprint density at radius 2 is 1.65 bits per heavy atom. The maximum absolute atomic E-state index is 13.9. The van der Waals surface area contributed by atoms with E-state index in [0.717, 1.165) is 5.56 Å². The molecule has 0 aromatic heterocycles. The van der Waals surface area contributed by atoms with Crippen molar-refractivity contribution in [2.75, 3.05) is 13.7 Å². The molecule has 3 atom stereocenters. The Bertz CT molecular complexity index is 957. The Balaban J connectivity index is 3.34. The number of amides is 2. The average Bonchev–Trinajstić information content (AvgIpc) is 2.82. The summed E-state index contributed by atoms with van der Waals surface area (Å²) < 4.78 is 5.12. The van der Waals surface area contributed by atoms with Crippen molar-refractivity contribution in [3.63, 3.8) is 0 Å². The molecule has 37 heavy (non-hydrogen) atoms. The molecule has 1 rings (SSSR count). The van der Waals surface area contributed by atoms with Crippen LogP contribution in [0.3, 0.4) is 0 Å². The summed E-state index contributed by atoms with van der Waals surface area (Å²) in [6.07, 6.45) is 4.01. The lowest BCUT2D eigenvalue weighted by Gasteiger charge is -2.40. The lowest BCUT2D eigenvalue weighted by Crippen LogP contribution is -2.58. The molecule has 206 valence electrons. The predicted octanol–water partition coefficient (Wildman–Crippen LogP) is 5.68. The molecule has 0 saturated heterocycles. The average molecular weight is 513 g/mol. The molecule has 6 nitrogen and oxygen atoms in total. The van der Waals surface area contributed by atoms with Gasteiger partial charge in [-0.2, -0.15) is 0 Å². The van der Waals surface area contributed by atoms with Gasteiger partial charge in [-0.05, 0) is 37.2 Å². The van der Waals surface area contributed by atoms with E-state index in [9.17, 15) is 14.4 Å². The minimum Gasteiger partial charge on any atom is -0.463 e. The van der Waals surface area contributed by atoms with Gasteiger partial charge < -0.3 is 15.0 Å². The lowest BCUT2D eigenvalue weighted by atomic mass is 9.71. The van der Waals surface area contributed by atoms with Gasteiger partial charge in [-0.15, -0.1) is 6.58 Å². The normalized spacial score (nSPS) is 14.9. The SMILES string of the molecule is C=CC[C@H](C(=O)N[C@H](C(=O)N(C)[C@H](/C=C(\C)C(=O)OCC)C(C)C)C(C)(C)C)C(C)(C)c1ccccc1. The Labute approximate surface area is 224 Å². The molecule has 1 aromatic carbocycles. The molecule has 6 heteroatoms. The molecule has 0 unspecified atom stereocenters. The molecule has 0 aliphatic heterocycles. The third-order valence-electron chi connectivity index (χ3n) is 7.00. The quantitative estimate of drug-likeness (QED) is 0.222. The number of rotatable bonds is 12. The summed E-state index contributed by atoms with van der Waals surface area (Å²) in [5.41, 5.74) is 0.481. The van der Waals surface area contributed by atoms with Crippen LogP contribution in [0.1, 0.15) is 74.3 Å². The number of benzene rings is 1. The van der Waals surface area contributed by atoms with Gasteiger partial charge >= 0.3 is 5.97 Å². The highest BCUT2D eigenvalue weighted by atomic mass is 16.5. The molecular weight excluding hydrogens is 464 g/mol. The molecule has 0 spiro atoms. The van der Waals surface area contributed by atoms with Crippen molar-refractivity contribution < 1.29 is 19.1 Å². The predicted molar refractivity (Wildman–Crippen MR) is 151 cm³/mol. The van der Waals surface area contributed by atoms with Crippen LogP contribution in [0.25, 0.3) is 0 Å². The summed E-state index contributed by atoms with van der Waals surface area (Å²) in [5, 5.41) is 3.10. The lowest BCUT2D eigenvalue weighted by molar-refractivity contribution is -0.141. The van der Waals surface area contributed by atoms with Crippen molar-refractivity contribution in [3.8, 4) is 0 Å². The zero-order valence-electron chi connectivity index (χ0n) is 24.6. The van der Waals surface area contributed by atoms with Gasteiger partial charge in [0.05, 0.1) is 18.6 Å². The van der Waals surface area contributed by atoms with Crippen molar-refractivity contribution in [2.45, 2.75) is 86.2 Å². The highest BCUT2D eigenvalue weighted by Crippen LogP contribution is 2.35. The summed E-state index contributed by atoms with van der Waals surface area (Å²) in [4.78, 5) is 41.5. The van der Waals surface area contributed by atoms with E-state index in [1.165, 1.54) is 0 Å². The minimum absolute atomic E-state index is 0.0418. The van der Waals surface area contributed by atoms with Gasteiger partial charge in [0.2, 0.25) is 11.8 Å². The van der Waals surface area contributed by atoms with E-state index in [-0.39, 0.29) is 30.4 Å². The standard InChI is InChI=1S/C31H48N2O4/c1-12-17-24(31(9,10)23-18-15-14-16-19-23)27(34)32-26(30(6,7)8)28(35)33(11)25(21(3)4)20-22(5)29(36)37-13-2/h12,14-16,18-21,24-26H,1,13,17H2,2-11H3,(H,32,34)/b22-20+/t24-,25-,26-/m1/s1. The molecule has 0 bridgehead atoms. The Hall–Kier alpha value is -2.89. The van der Waals surface area contributed by atoms with Crippen molar-refractivity contribution in [3.05, 3.63) is 60.2 Å². The number of nitrogens with one attached hydrogen (secondary N) is 1. The number of carbonyl (C=O) groups excluding carboxylic acids is 3. The molecule has 0 aliphatic carbocycles. The molecule has 0 saturated carbocycles. The fraction of sp³-hybridized carbons (Fsp3) is 0.581. The number of allylic oxidation sites excluding steroid dienone is 1. The van der Waals surface area contributed by atoms with E-state index in [2.05, 4.69) is 11.9 Å². The van der Waals surface area contributed by atoms with Crippen molar-refractivity contribution in [2.24, 2.45) is 17.3 Å². The Morgan fingerprint density at radius 3 is 2.11 bits per heavy atom. The summed E-state index contributed by atoms with van der Waals surface area (Å²) in [6.45, 7) is 21.5. The van der Waals surface area contributed by atoms with Crippen LogP contribution in [0.5, 0.6) is 0 Å². The van der Waals surface area contributed by atoms with Gasteiger partial charge in [0.25, 0.3) is 0 Å². The van der Waals surface area contributed by atoms with Gasteiger partial charge in [0, 0.05) is 18.0 Å². The third kappa shape index (κ3) is 8.58. The number of carbonyl (C=O) groups is 3. The zero-order valence-corrected chi connectivity index (χ0v) is 24.6. The minimum atomic E-state index is -0.763. The summed E-state index contributed by atoms with van der Waals surface area (Å²) in [6, 6.07) is 8.83. The van der Waals surface area contributed by atoms with E-state index < -0.39 is 28.8 Å². The number of likely N-dealkylation sites (N-methyl/N-ethyl adjacent to an activating group) is 1. The van der Waals surface area contributed by atoms with Crippen LogP contribution in [0.4, 0.5) is 0 Å². The highest BCUT2D eigenvalue weighted by Gasteiger charge is 2.41. The van der Waals surface area contributed by atoms with E-state index in [0.29, 0.717) is 12.0 Å². The Kier molecular flexibility index (Phi) is 11.8. The largest absolute Gasteiger partial charge is 0.463 e. The smallest absolute Gasteiger partial charge is 0.333 e. The van der Waals surface area contributed by atoms with E-state index in [1.807, 2.05) is 78.8 Å². The highest BCUT2D eigenvalue weighted by molar-refractivity contribution is 5.91. The van der Waals surface area contributed by atoms with E-state index in [1.54, 1.807) is 37.9 Å². The number of ether oxygens (including phenoxy) is 1. The van der Waals surface area contributed by atoms with Gasteiger partial charge in [0.1, 0.15) is 6.04 Å². The summed E-state index contributed by atoms with van der Waals surface area (Å²) in [5.74, 6) is -1.16. The molecule has 2 amide bonds. The molecular formula is C31H48N2O4.